The van der Waals surface area contributed by atoms with Gasteiger partial charge in [0.05, 0.1) is 4.92 Å². The van der Waals surface area contributed by atoms with Gasteiger partial charge in [-0.15, -0.1) is 0 Å². The van der Waals surface area contributed by atoms with Crippen molar-refractivity contribution in [1.82, 2.24) is 5.32 Å². The minimum atomic E-state index is -0.330. The number of nitro groups is 1. The first kappa shape index (κ1) is 14.3. The molecule has 1 aliphatic rings. The summed E-state index contributed by atoms with van der Waals surface area (Å²) in [5.74, 6) is 3.25. The van der Waals surface area contributed by atoms with Crippen LogP contribution in [0.1, 0.15) is 31.4 Å². The molecule has 2 atom stereocenters. The molecule has 19 heavy (non-hydrogen) atoms. The second kappa shape index (κ2) is 6.91. The molecule has 5 heteroatoms. The van der Waals surface area contributed by atoms with E-state index in [-0.39, 0.29) is 16.7 Å². The molecule has 2 unspecified atom stereocenters. The van der Waals surface area contributed by atoms with Crippen LogP contribution in [0.3, 0.4) is 0 Å². The van der Waals surface area contributed by atoms with Crippen molar-refractivity contribution in [2.24, 2.45) is 5.92 Å². The molecule has 0 spiro atoms. The zero-order valence-electron chi connectivity index (χ0n) is 11.2. The summed E-state index contributed by atoms with van der Waals surface area (Å²) in [6, 6.07) is 7.18. The molecule has 1 fully saturated rings. The van der Waals surface area contributed by atoms with Gasteiger partial charge in [0.2, 0.25) is 0 Å². The van der Waals surface area contributed by atoms with E-state index in [1.54, 1.807) is 18.2 Å². The highest BCUT2D eigenvalue weighted by molar-refractivity contribution is 7.99. The number of nitrogens with one attached hydrogen (secondary N) is 1. The number of thioether (sulfide) groups is 1. The number of non-ortho nitro benzene ring substituents is 1. The lowest BCUT2D eigenvalue weighted by Gasteiger charge is -2.19. The molecule has 104 valence electrons. The van der Waals surface area contributed by atoms with Gasteiger partial charge in [-0.3, -0.25) is 10.1 Å². The summed E-state index contributed by atoms with van der Waals surface area (Å²) >= 11 is 2.01. The van der Waals surface area contributed by atoms with Crippen LogP contribution in [0.15, 0.2) is 24.3 Å². The van der Waals surface area contributed by atoms with Gasteiger partial charge in [0.15, 0.2) is 0 Å². The van der Waals surface area contributed by atoms with E-state index in [1.165, 1.54) is 17.9 Å². The van der Waals surface area contributed by atoms with Crippen LogP contribution in [0.4, 0.5) is 5.69 Å². The van der Waals surface area contributed by atoms with Crippen LogP contribution < -0.4 is 5.32 Å². The van der Waals surface area contributed by atoms with Gasteiger partial charge in [-0.25, -0.2) is 0 Å². The zero-order valence-corrected chi connectivity index (χ0v) is 12.0. The van der Waals surface area contributed by atoms with Gasteiger partial charge >= 0.3 is 0 Å². The molecule has 1 N–H and O–H groups in total. The Bertz CT molecular complexity index is 433. The van der Waals surface area contributed by atoms with E-state index >= 15 is 0 Å². The highest BCUT2D eigenvalue weighted by Crippen LogP contribution is 2.25. The second-order valence-electron chi connectivity index (χ2n) is 4.95. The molecule has 1 aromatic carbocycles. The summed E-state index contributed by atoms with van der Waals surface area (Å²) in [5, 5.41) is 14.4. The lowest BCUT2D eigenvalue weighted by Crippen LogP contribution is -2.27. The summed E-state index contributed by atoms with van der Waals surface area (Å²) in [6.07, 6.45) is 2.23. The fraction of sp³-hybridized carbons (Fsp3) is 0.571. The van der Waals surface area contributed by atoms with E-state index in [0.717, 1.165) is 24.4 Å². The predicted molar refractivity (Wildman–Crippen MR) is 79.6 cm³/mol. The highest BCUT2D eigenvalue weighted by Gasteiger charge is 2.18. The number of nitrogens with zero attached hydrogens (tertiary/aromatic N) is 1. The summed E-state index contributed by atoms with van der Waals surface area (Å²) in [5.41, 5.74) is 1.19. The first-order chi connectivity index (χ1) is 9.20. The van der Waals surface area contributed by atoms with Crippen molar-refractivity contribution in [3.63, 3.8) is 0 Å². The maximum atomic E-state index is 10.8. The molecule has 1 heterocycles. The van der Waals surface area contributed by atoms with Gasteiger partial charge in [-0.2, -0.15) is 11.8 Å². The Kier molecular flexibility index (Phi) is 5.22. The minimum absolute atomic E-state index is 0.175. The third-order valence-electron chi connectivity index (χ3n) is 3.57. The highest BCUT2D eigenvalue weighted by atomic mass is 32.2. The molecule has 0 amide bonds. The van der Waals surface area contributed by atoms with E-state index in [4.69, 9.17) is 0 Å². The number of hydrogen-bond acceptors (Lipinski definition) is 4. The van der Waals surface area contributed by atoms with Crippen LogP contribution in [-0.2, 0) is 0 Å². The smallest absolute Gasteiger partial charge is 0.269 e. The monoisotopic (exact) mass is 280 g/mol. The van der Waals surface area contributed by atoms with E-state index in [2.05, 4.69) is 12.2 Å². The van der Waals surface area contributed by atoms with E-state index < -0.39 is 0 Å². The fourth-order valence-electron chi connectivity index (χ4n) is 2.41. The molecular formula is C14H20N2O2S. The lowest BCUT2D eigenvalue weighted by molar-refractivity contribution is -0.384. The number of benzene rings is 1. The van der Waals surface area contributed by atoms with E-state index in [0.29, 0.717) is 0 Å². The number of rotatable bonds is 6. The summed E-state index contributed by atoms with van der Waals surface area (Å²) in [6.45, 7) is 3.12. The van der Waals surface area contributed by atoms with Gasteiger partial charge in [0.25, 0.3) is 5.69 Å². The van der Waals surface area contributed by atoms with Crippen LogP contribution >= 0.6 is 11.8 Å². The lowest BCUT2D eigenvalue weighted by atomic mass is 10.0. The third kappa shape index (κ3) is 3.94. The summed E-state index contributed by atoms with van der Waals surface area (Å²) < 4.78 is 0. The van der Waals surface area contributed by atoms with E-state index in [1.807, 2.05) is 17.8 Å². The van der Waals surface area contributed by atoms with Gasteiger partial charge in [0.1, 0.15) is 0 Å². The van der Waals surface area contributed by atoms with Gasteiger partial charge in [-0.05, 0) is 42.4 Å². The maximum Gasteiger partial charge on any atom is 0.269 e. The van der Waals surface area contributed by atoms with Crippen molar-refractivity contribution < 1.29 is 4.92 Å². The Balaban J connectivity index is 1.99. The molecule has 1 aromatic rings. The minimum Gasteiger partial charge on any atom is -0.310 e. The SMILES string of the molecule is CCC(NCC1CCSC1)c1cccc([N+](=O)[O-])c1. The van der Waals surface area contributed by atoms with Crippen LogP contribution in [0.25, 0.3) is 0 Å². The van der Waals surface area contributed by atoms with Crippen molar-refractivity contribution in [2.45, 2.75) is 25.8 Å². The Hall–Kier alpha value is -1.07. The largest absolute Gasteiger partial charge is 0.310 e. The average Bonchev–Trinajstić information content (AvgIpc) is 2.93. The van der Waals surface area contributed by atoms with Crippen LogP contribution in [0.5, 0.6) is 0 Å². The fourth-order valence-corrected chi connectivity index (χ4v) is 3.69. The van der Waals surface area contributed by atoms with Crippen molar-refractivity contribution in [3.8, 4) is 0 Å². The predicted octanol–water partition coefficient (Wildman–Crippen LogP) is 3.39. The molecule has 1 aliphatic heterocycles. The Morgan fingerprint density at radius 2 is 2.42 bits per heavy atom. The normalized spacial score (nSPS) is 20.4. The molecule has 0 radical (unpaired) electrons. The standard InChI is InChI=1S/C14H20N2O2S/c1-2-14(15-9-11-6-7-19-10-11)12-4-3-5-13(8-12)16(17)18/h3-5,8,11,14-15H,2,6-7,9-10H2,1H3. The van der Waals surface area contributed by atoms with Crippen LogP contribution in [0, 0.1) is 16.0 Å². The quantitative estimate of drug-likeness (QED) is 0.641. The van der Waals surface area contributed by atoms with Crippen molar-refractivity contribution in [3.05, 3.63) is 39.9 Å². The molecule has 0 saturated carbocycles. The third-order valence-corrected chi connectivity index (χ3v) is 4.80. The topological polar surface area (TPSA) is 55.2 Å². The van der Waals surface area contributed by atoms with Crippen molar-refractivity contribution in [2.75, 3.05) is 18.1 Å². The van der Waals surface area contributed by atoms with Gasteiger partial charge in [-0.1, -0.05) is 19.1 Å². The molecule has 0 bridgehead atoms. The molecule has 2 rings (SSSR count). The number of nitro benzene ring substituents is 1. The van der Waals surface area contributed by atoms with E-state index in [9.17, 15) is 10.1 Å². The Labute approximate surface area is 118 Å². The Morgan fingerprint density at radius 3 is 3.05 bits per heavy atom. The molecule has 4 nitrogen and oxygen atoms in total. The molecule has 0 aromatic heterocycles. The molecule has 1 saturated heterocycles. The zero-order chi connectivity index (χ0) is 13.7. The molecule has 0 aliphatic carbocycles. The average molecular weight is 280 g/mol. The van der Waals surface area contributed by atoms with Gasteiger partial charge < -0.3 is 5.32 Å². The van der Waals surface area contributed by atoms with Crippen LogP contribution in [0.2, 0.25) is 0 Å². The first-order valence-electron chi connectivity index (χ1n) is 6.76. The summed E-state index contributed by atoms with van der Waals surface area (Å²) in [4.78, 5) is 10.5. The Morgan fingerprint density at radius 1 is 1.58 bits per heavy atom. The number of hydrogen-bond donors (Lipinski definition) is 1. The first-order valence-corrected chi connectivity index (χ1v) is 7.91. The van der Waals surface area contributed by atoms with Crippen molar-refractivity contribution in [1.29, 1.82) is 0 Å². The molecular weight excluding hydrogens is 260 g/mol. The maximum absolute atomic E-state index is 10.8. The summed E-state index contributed by atoms with van der Waals surface area (Å²) in [7, 11) is 0. The second-order valence-corrected chi connectivity index (χ2v) is 6.10. The van der Waals surface area contributed by atoms with Crippen LogP contribution in [-0.4, -0.2) is 23.0 Å². The van der Waals surface area contributed by atoms with Crippen molar-refractivity contribution >= 4 is 17.4 Å². The van der Waals surface area contributed by atoms with Gasteiger partial charge in [0, 0.05) is 18.2 Å².